The van der Waals surface area contributed by atoms with Crippen molar-refractivity contribution in [2.75, 3.05) is 6.79 Å². The van der Waals surface area contributed by atoms with Crippen LogP contribution in [0.4, 0.5) is 4.79 Å². The minimum Gasteiger partial charge on any atom is -0.451 e. The van der Waals surface area contributed by atoms with Gasteiger partial charge in [-0.25, -0.2) is 9.59 Å². The Bertz CT molecular complexity index is 902. The van der Waals surface area contributed by atoms with Crippen LogP contribution < -0.4 is 0 Å². The Morgan fingerprint density at radius 1 is 1.06 bits per heavy atom. The minimum atomic E-state index is -1.41. The zero-order valence-electron chi connectivity index (χ0n) is 19.1. The summed E-state index contributed by atoms with van der Waals surface area (Å²) in [6.45, 7) is 3.73. The van der Waals surface area contributed by atoms with Gasteiger partial charge in [-0.15, -0.1) is 0 Å². The molecule has 0 heterocycles. The summed E-state index contributed by atoms with van der Waals surface area (Å²) in [4.78, 5) is 23.4. The number of ether oxygens (including phenoxy) is 3. The summed E-state index contributed by atoms with van der Waals surface area (Å²) in [6, 6.07) is 15.5. The fourth-order valence-electron chi connectivity index (χ4n) is 3.45. The lowest BCUT2D eigenvalue weighted by atomic mass is 9.62. The van der Waals surface area contributed by atoms with Gasteiger partial charge in [0.2, 0.25) is 6.79 Å². The van der Waals surface area contributed by atoms with Crippen LogP contribution >= 0.6 is 11.6 Å². The van der Waals surface area contributed by atoms with Gasteiger partial charge in [-0.2, -0.15) is 0 Å². The molecule has 0 aromatic heterocycles. The van der Waals surface area contributed by atoms with Gasteiger partial charge in [-0.05, 0) is 67.8 Å². The number of esters is 1. The predicted molar refractivity (Wildman–Crippen MR) is 127 cm³/mol. The quantitative estimate of drug-likeness (QED) is 0.278. The van der Waals surface area contributed by atoms with E-state index in [4.69, 9.17) is 21.1 Å². The second-order valence-electron chi connectivity index (χ2n) is 8.26. The molecule has 0 saturated heterocycles. The van der Waals surface area contributed by atoms with E-state index in [1.165, 1.54) is 0 Å². The number of halogens is 1. The van der Waals surface area contributed by atoms with Crippen LogP contribution in [-0.2, 0) is 25.4 Å². The molecule has 2 rings (SSSR count). The lowest BCUT2D eigenvalue weighted by Gasteiger charge is -2.20. The van der Waals surface area contributed by atoms with Crippen LogP contribution in [-0.4, -0.2) is 48.2 Å². The first-order valence-electron chi connectivity index (χ1n) is 10.8. The number of aliphatic hydroxyl groups excluding tert-OH is 1. The van der Waals surface area contributed by atoms with Crippen molar-refractivity contribution in [3.63, 3.8) is 0 Å². The van der Waals surface area contributed by atoms with Crippen molar-refractivity contribution in [2.24, 2.45) is 5.92 Å². The first-order valence-corrected chi connectivity index (χ1v) is 11.2. The number of carbonyl (C=O) groups excluding carboxylic acids is 2. The Kier molecular flexibility index (Phi) is 10.7. The smallest absolute Gasteiger partial charge is 0.451 e. The minimum absolute atomic E-state index is 0.0935. The molecule has 0 aliphatic rings. The third-order valence-electron chi connectivity index (χ3n) is 4.85. The van der Waals surface area contributed by atoms with Gasteiger partial charge in [0, 0.05) is 5.02 Å². The van der Waals surface area contributed by atoms with Crippen molar-refractivity contribution in [2.45, 2.75) is 52.0 Å². The molecule has 2 aromatic carbocycles. The molecule has 0 aliphatic carbocycles. The van der Waals surface area contributed by atoms with Crippen molar-refractivity contribution in [3.8, 4) is 11.1 Å². The Hall–Kier alpha value is -2.55. The lowest BCUT2D eigenvalue weighted by molar-refractivity contribution is -0.164. The van der Waals surface area contributed by atoms with Gasteiger partial charge < -0.3 is 24.3 Å². The van der Waals surface area contributed by atoms with Gasteiger partial charge in [0.25, 0.3) is 6.92 Å². The fourth-order valence-corrected chi connectivity index (χ4v) is 3.64. The van der Waals surface area contributed by atoms with Crippen LogP contribution in [0, 0.1) is 5.92 Å². The van der Waals surface area contributed by atoms with Crippen molar-refractivity contribution in [3.05, 3.63) is 59.1 Å². The van der Waals surface area contributed by atoms with Gasteiger partial charge in [-0.1, -0.05) is 54.8 Å². The summed E-state index contributed by atoms with van der Waals surface area (Å²) in [7, 11) is 0. The standard InChI is InChI=1S/C24H30BClO7/c1-16(2)33-24(29)32-15-31-23(28)22(27)12-18(14-25(3)30)11-17-7-9-19(10-8-17)20-5-4-6-21(26)13-20/h4-10,13,16,18,22,27,30H,11-12,14-15H2,1-3H3/t18-,22-/m1/s1. The maximum atomic E-state index is 12.1. The Morgan fingerprint density at radius 2 is 1.76 bits per heavy atom. The van der Waals surface area contributed by atoms with E-state index in [1.54, 1.807) is 20.7 Å². The van der Waals surface area contributed by atoms with E-state index in [0.29, 0.717) is 17.8 Å². The highest BCUT2D eigenvalue weighted by molar-refractivity contribution is 6.48. The monoisotopic (exact) mass is 476 g/mol. The molecule has 178 valence electrons. The molecule has 0 spiro atoms. The van der Waals surface area contributed by atoms with Crippen molar-refractivity contribution in [1.82, 2.24) is 0 Å². The lowest BCUT2D eigenvalue weighted by Crippen LogP contribution is -2.29. The van der Waals surface area contributed by atoms with Crippen molar-refractivity contribution < 1.29 is 33.9 Å². The predicted octanol–water partition coefficient (Wildman–Crippen LogP) is 4.59. The molecule has 0 amide bonds. The van der Waals surface area contributed by atoms with Gasteiger partial charge >= 0.3 is 12.1 Å². The van der Waals surface area contributed by atoms with Crippen LogP contribution in [0.3, 0.4) is 0 Å². The van der Waals surface area contributed by atoms with E-state index >= 15 is 0 Å². The highest BCUT2D eigenvalue weighted by Crippen LogP contribution is 2.25. The van der Waals surface area contributed by atoms with E-state index in [2.05, 4.69) is 4.74 Å². The van der Waals surface area contributed by atoms with Crippen LogP contribution in [0.2, 0.25) is 18.2 Å². The fraction of sp³-hybridized carbons (Fsp3) is 0.417. The largest absolute Gasteiger partial charge is 0.511 e. The zero-order valence-corrected chi connectivity index (χ0v) is 19.8. The number of rotatable bonds is 11. The molecule has 0 saturated carbocycles. The molecule has 0 unspecified atom stereocenters. The van der Waals surface area contributed by atoms with Gasteiger partial charge in [-0.3, -0.25) is 0 Å². The molecule has 9 heteroatoms. The van der Waals surface area contributed by atoms with Crippen LogP contribution in [0.15, 0.2) is 48.5 Å². The average Bonchev–Trinajstić information content (AvgIpc) is 2.73. The molecule has 0 aliphatic heterocycles. The number of hydrogen-bond donors (Lipinski definition) is 2. The van der Waals surface area contributed by atoms with Crippen LogP contribution in [0.5, 0.6) is 0 Å². The maximum absolute atomic E-state index is 12.1. The normalized spacial score (nSPS) is 12.7. The highest BCUT2D eigenvalue weighted by atomic mass is 35.5. The van der Waals surface area contributed by atoms with E-state index in [0.717, 1.165) is 16.7 Å². The molecule has 7 nitrogen and oxygen atoms in total. The first-order chi connectivity index (χ1) is 15.6. The SMILES string of the molecule is CB(O)C[C@H](Cc1ccc(-c2cccc(Cl)c2)cc1)C[C@@H](O)C(=O)OCOC(=O)OC(C)C. The third kappa shape index (κ3) is 9.86. The van der Waals surface area contributed by atoms with Gasteiger partial charge in [0.1, 0.15) is 0 Å². The number of benzene rings is 2. The summed E-state index contributed by atoms with van der Waals surface area (Å²) >= 11 is 6.07. The Labute approximate surface area is 199 Å². The molecule has 0 fully saturated rings. The van der Waals surface area contributed by atoms with E-state index in [1.807, 2.05) is 48.5 Å². The molecule has 2 atom stereocenters. The Morgan fingerprint density at radius 3 is 2.36 bits per heavy atom. The highest BCUT2D eigenvalue weighted by Gasteiger charge is 2.25. The topological polar surface area (TPSA) is 102 Å². The molecule has 33 heavy (non-hydrogen) atoms. The second kappa shape index (κ2) is 13.2. The van der Waals surface area contributed by atoms with Crippen LogP contribution in [0.25, 0.3) is 11.1 Å². The van der Waals surface area contributed by atoms with E-state index in [9.17, 15) is 19.7 Å². The number of aliphatic hydroxyl groups is 1. The zero-order chi connectivity index (χ0) is 24.4. The molecule has 2 aromatic rings. The van der Waals surface area contributed by atoms with Crippen LogP contribution in [0.1, 0.15) is 25.8 Å². The molecular weight excluding hydrogens is 447 g/mol. The summed E-state index contributed by atoms with van der Waals surface area (Å²) in [5, 5.41) is 20.8. The van der Waals surface area contributed by atoms with Crippen molar-refractivity contribution in [1.29, 1.82) is 0 Å². The van der Waals surface area contributed by atoms with E-state index in [-0.39, 0.29) is 18.4 Å². The van der Waals surface area contributed by atoms with Gasteiger partial charge in [0.05, 0.1) is 6.10 Å². The number of hydrogen-bond acceptors (Lipinski definition) is 7. The third-order valence-corrected chi connectivity index (χ3v) is 5.08. The van der Waals surface area contributed by atoms with Gasteiger partial charge in [0.15, 0.2) is 6.10 Å². The molecule has 0 bridgehead atoms. The molecular formula is C24H30BClO7. The second-order valence-corrected chi connectivity index (χ2v) is 8.69. The summed E-state index contributed by atoms with van der Waals surface area (Å²) in [6.07, 6.45) is -1.68. The Balaban J connectivity index is 1.93. The first kappa shape index (κ1) is 26.7. The average molecular weight is 477 g/mol. The maximum Gasteiger partial charge on any atom is 0.511 e. The molecule has 0 radical (unpaired) electrons. The molecule has 2 N–H and O–H groups in total. The summed E-state index contributed by atoms with van der Waals surface area (Å²) in [5.74, 6) is -1.07. The summed E-state index contributed by atoms with van der Waals surface area (Å²) in [5.41, 5.74) is 3.03. The summed E-state index contributed by atoms with van der Waals surface area (Å²) < 4.78 is 14.2. The van der Waals surface area contributed by atoms with Crippen molar-refractivity contribution >= 4 is 30.6 Å². The number of carbonyl (C=O) groups is 2. The van der Waals surface area contributed by atoms with E-state index < -0.39 is 31.9 Å².